The van der Waals surface area contributed by atoms with Gasteiger partial charge in [0.05, 0.1) is 0 Å². The topological polar surface area (TPSA) is 0 Å². The fraction of sp³-hybridized carbons (Fsp3) is 1.00. The first-order chi connectivity index (χ1) is 8.83. The molecule has 0 amide bonds. The molecule has 0 aliphatic heterocycles. The van der Waals surface area contributed by atoms with Gasteiger partial charge in [-0.05, 0) is 62.2 Å². The zero-order valence-corrected chi connectivity index (χ0v) is 13.8. The minimum absolute atomic E-state index is 1.07. The van der Waals surface area contributed by atoms with Crippen LogP contribution >= 0.6 is 15.9 Å². The number of halogens is 1. The molecule has 0 aromatic heterocycles. The molecule has 2 saturated carbocycles. The van der Waals surface area contributed by atoms with Gasteiger partial charge in [0.15, 0.2) is 0 Å². The first kappa shape index (κ1) is 14.9. The second kappa shape index (κ2) is 7.92. The second-order valence-corrected chi connectivity index (χ2v) is 7.64. The lowest BCUT2D eigenvalue weighted by Gasteiger charge is -2.19. The maximum atomic E-state index is 3.57. The van der Waals surface area contributed by atoms with E-state index in [2.05, 4.69) is 22.9 Å². The van der Waals surface area contributed by atoms with Crippen molar-refractivity contribution < 1.29 is 0 Å². The third-order valence-electron chi connectivity index (χ3n) is 5.54. The van der Waals surface area contributed by atoms with Crippen LogP contribution in [0.1, 0.15) is 77.6 Å². The maximum absolute atomic E-state index is 3.57. The molecular weight excluding hydrogens is 284 g/mol. The fourth-order valence-corrected chi connectivity index (χ4v) is 4.79. The van der Waals surface area contributed by atoms with Crippen molar-refractivity contribution >= 4 is 15.9 Å². The third-order valence-corrected chi connectivity index (χ3v) is 6.10. The maximum Gasteiger partial charge on any atom is 0.00314 e. The van der Waals surface area contributed by atoms with Gasteiger partial charge in [0.1, 0.15) is 0 Å². The van der Waals surface area contributed by atoms with Crippen LogP contribution in [0.5, 0.6) is 0 Å². The number of rotatable bonds is 7. The lowest BCUT2D eigenvalue weighted by Crippen LogP contribution is -2.09. The van der Waals surface area contributed by atoms with Crippen LogP contribution in [-0.2, 0) is 0 Å². The molecule has 18 heavy (non-hydrogen) atoms. The SMILES string of the molecule is CCCCC1CCC(C2CCC(CCCBr)C2)C1. The van der Waals surface area contributed by atoms with Gasteiger partial charge in [-0.1, -0.05) is 55.0 Å². The minimum Gasteiger partial charge on any atom is -0.0928 e. The van der Waals surface area contributed by atoms with E-state index in [0.29, 0.717) is 0 Å². The first-order valence-corrected chi connectivity index (χ1v) is 9.51. The van der Waals surface area contributed by atoms with Crippen molar-refractivity contribution in [1.29, 1.82) is 0 Å². The molecule has 2 rings (SSSR count). The predicted octanol–water partition coefficient (Wildman–Crippen LogP) is 6.18. The summed E-state index contributed by atoms with van der Waals surface area (Å²) in [4.78, 5) is 0. The number of alkyl halides is 1. The van der Waals surface area contributed by atoms with Gasteiger partial charge in [0.25, 0.3) is 0 Å². The summed E-state index contributed by atoms with van der Waals surface area (Å²) >= 11 is 3.57. The lowest BCUT2D eigenvalue weighted by molar-refractivity contribution is 0.317. The van der Waals surface area contributed by atoms with Crippen LogP contribution < -0.4 is 0 Å². The summed E-state index contributed by atoms with van der Waals surface area (Å²) in [6, 6.07) is 0. The van der Waals surface area contributed by atoms with Gasteiger partial charge in [-0.3, -0.25) is 0 Å². The normalized spacial score (nSPS) is 36.3. The Bertz CT molecular complexity index is 202. The van der Waals surface area contributed by atoms with E-state index in [9.17, 15) is 0 Å². The van der Waals surface area contributed by atoms with E-state index in [1.807, 2.05) is 0 Å². The molecule has 0 nitrogen and oxygen atoms in total. The van der Waals surface area contributed by atoms with Crippen molar-refractivity contribution in [3.63, 3.8) is 0 Å². The van der Waals surface area contributed by atoms with E-state index in [4.69, 9.17) is 0 Å². The average Bonchev–Trinajstić information content (AvgIpc) is 3.02. The Kier molecular flexibility index (Phi) is 6.55. The van der Waals surface area contributed by atoms with Crippen LogP contribution in [0.25, 0.3) is 0 Å². The van der Waals surface area contributed by atoms with Crippen molar-refractivity contribution in [3.8, 4) is 0 Å². The summed E-state index contributed by atoms with van der Waals surface area (Å²) < 4.78 is 0. The van der Waals surface area contributed by atoms with Gasteiger partial charge < -0.3 is 0 Å². The Balaban J connectivity index is 1.67. The molecule has 1 heteroatoms. The minimum atomic E-state index is 1.07. The third kappa shape index (κ3) is 4.25. The lowest BCUT2D eigenvalue weighted by atomic mass is 9.87. The zero-order chi connectivity index (χ0) is 12.8. The van der Waals surface area contributed by atoms with Gasteiger partial charge in [0, 0.05) is 5.33 Å². The van der Waals surface area contributed by atoms with Crippen LogP contribution in [0, 0.1) is 23.7 Å². The zero-order valence-electron chi connectivity index (χ0n) is 12.2. The molecule has 0 spiro atoms. The Labute approximate surface area is 122 Å². The van der Waals surface area contributed by atoms with Gasteiger partial charge in [-0.2, -0.15) is 0 Å². The van der Waals surface area contributed by atoms with Crippen LogP contribution in [0.4, 0.5) is 0 Å². The molecule has 0 N–H and O–H groups in total. The van der Waals surface area contributed by atoms with Crippen molar-refractivity contribution in [3.05, 3.63) is 0 Å². The molecule has 0 aromatic carbocycles. The van der Waals surface area contributed by atoms with E-state index in [1.54, 1.807) is 32.1 Å². The highest BCUT2D eigenvalue weighted by molar-refractivity contribution is 9.09. The molecule has 0 saturated heterocycles. The molecule has 2 aliphatic carbocycles. The average molecular weight is 315 g/mol. The van der Waals surface area contributed by atoms with Crippen LogP contribution in [-0.4, -0.2) is 5.33 Å². The summed E-state index contributed by atoms with van der Waals surface area (Å²) in [6.07, 6.45) is 16.6. The molecule has 106 valence electrons. The predicted molar refractivity (Wildman–Crippen MR) is 84.2 cm³/mol. The van der Waals surface area contributed by atoms with Crippen molar-refractivity contribution in [2.45, 2.75) is 77.6 Å². The van der Waals surface area contributed by atoms with E-state index in [-0.39, 0.29) is 0 Å². The smallest absolute Gasteiger partial charge is 0.00314 e. The largest absolute Gasteiger partial charge is 0.0928 e. The van der Waals surface area contributed by atoms with E-state index >= 15 is 0 Å². The van der Waals surface area contributed by atoms with E-state index in [0.717, 1.165) is 23.7 Å². The highest BCUT2D eigenvalue weighted by atomic mass is 79.9. The molecule has 0 bridgehead atoms. The fourth-order valence-electron chi connectivity index (χ4n) is 4.47. The Morgan fingerprint density at radius 1 is 0.833 bits per heavy atom. The van der Waals surface area contributed by atoms with Crippen molar-refractivity contribution in [2.24, 2.45) is 23.7 Å². The number of hydrogen-bond donors (Lipinski definition) is 0. The molecule has 2 aliphatic rings. The summed E-state index contributed by atoms with van der Waals surface area (Å²) in [7, 11) is 0. The van der Waals surface area contributed by atoms with Crippen molar-refractivity contribution in [1.82, 2.24) is 0 Å². The molecule has 2 fully saturated rings. The Morgan fingerprint density at radius 2 is 1.39 bits per heavy atom. The van der Waals surface area contributed by atoms with Gasteiger partial charge in [-0.15, -0.1) is 0 Å². The van der Waals surface area contributed by atoms with E-state index in [1.165, 1.54) is 43.9 Å². The number of unbranched alkanes of at least 4 members (excludes halogenated alkanes) is 1. The molecule has 4 unspecified atom stereocenters. The van der Waals surface area contributed by atoms with E-state index < -0.39 is 0 Å². The molecule has 4 atom stereocenters. The van der Waals surface area contributed by atoms with Crippen molar-refractivity contribution in [2.75, 3.05) is 5.33 Å². The summed E-state index contributed by atoms with van der Waals surface area (Å²) in [5.74, 6) is 4.39. The Hall–Kier alpha value is 0.480. The molecule has 0 aromatic rings. The molecule has 0 radical (unpaired) electrons. The van der Waals surface area contributed by atoms with Crippen LogP contribution in [0.2, 0.25) is 0 Å². The highest BCUT2D eigenvalue weighted by Gasteiger charge is 2.34. The standard InChI is InChI=1S/C17H31Br/c1-2-3-5-14-7-9-16(12-14)17-10-8-15(13-17)6-4-11-18/h14-17H,2-13H2,1H3. The quantitative estimate of drug-likeness (QED) is 0.492. The molecular formula is C17H31Br. The van der Waals surface area contributed by atoms with Gasteiger partial charge >= 0.3 is 0 Å². The summed E-state index contributed by atoms with van der Waals surface area (Å²) in [5, 5.41) is 1.21. The highest BCUT2D eigenvalue weighted by Crippen LogP contribution is 2.46. The van der Waals surface area contributed by atoms with Crippen LogP contribution in [0.15, 0.2) is 0 Å². The summed E-state index contributed by atoms with van der Waals surface area (Å²) in [5.41, 5.74) is 0. The first-order valence-electron chi connectivity index (χ1n) is 8.39. The number of hydrogen-bond acceptors (Lipinski definition) is 0. The Morgan fingerprint density at radius 3 is 1.89 bits per heavy atom. The van der Waals surface area contributed by atoms with Crippen LogP contribution in [0.3, 0.4) is 0 Å². The second-order valence-electron chi connectivity index (χ2n) is 6.85. The summed E-state index contributed by atoms with van der Waals surface area (Å²) in [6.45, 7) is 2.33. The van der Waals surface area contributed by atoms with Gasteiger partial charge in [-0.25, -0.2) is 0 Å². The molecule has 0 heterocycles. The van der Waals surface area contributed by atoms with Gasteiger partial charge in [0.2, 0.25) is 0 Å². The monoisotopic (exact) mass is 314 g/mol.